The van der Waals surface area contributed by atoms with Crippen molar-refractivity contribution in [2.75, 3.05) is 17.6 Å². The van der Waals surface area contributed by atoms with Crippen molar-refractivity contribution in [2.45, 2.75) is 26.0 Å². The number of amides is 1. The number of ether oxygens (including phenoxy) is 1. The maximum Gasteiger partial charge on any atom is 0.261 e. The number of hydrogen-bond donors (Lipinski definition) is 1. The van der Waals surface area contributed by atoms with E-state index in [1.54, 1.807) is 50.2 Å². The zero-order chi connectivity index (χ0) is 20.2. The molecule has 2 aromatic rings. The number of hydrogen-bond acceptors (Lipinski definition) is 4. The molecule has 2 rings (SSSR count). The zero-order valence-corrected chi connectivity index (χ0v) is 16.5. The van der Waals surface area contributed by atoms with E-state index in [9.17, 15) is 17.6 Å². The minimum atomic E-state index is -3.34. The largest absolute Gasteiger partial charge is 0.481 e. The van der Waals surface area contributed by atoms with Gasteiger partial charge in [0.25, 0.3) is 5.91 Å². The standard InChI is InChI=1S/C19H23FN2O4S/c1-13(15-5-7-16(20)8-6-15)21-19(23)14(2)26-18-11-9-17(10-12-18)22(3)27(4,24)25/h5-14H,1-4H3,(H,21,23). The van der Waals surface area contributed by atoms with E-state index in [4.69, 9.17) is 4.74 Å². The summed E-state index contributed by atoms with van der Waals surface area (Å²) >= 11 is 0. The number of nitrogens with one attached hydrogen (secondary N) is 1. The lowest BCUT2D eigenvalue weighted by Crippen LogP contribution is -2.37. The Morgan fingerprint density at radius 1 is 1.07 bits per heavy atom. The minimum Gasteiger partial charge on any atom is -0.481 e. The van der Waals surface area contributed by atoms with Crippen LogP contribution in [0.2, 0.25) is 0 Å². The second kappa shape index (κ2) is 8.39. The van der Waals surface area contributed by atoms with E-state index < -0.39 is 16.1 Å². The Labute approximate surface area is 159 Å². The van der Waals surface area contributed by atoms with E-state index in [1.165, 1.54) is 19.2 Å². The molecule has 1 N–H and O–H groups in total. The summed E-state index contributed by atoms with van der Waals surface area (Å²) in [5, 5.41) is 2.81. The fourth-order valence-corrected chi connectivity index (χ4v) is 2.85. The molecule has 0 aliphatic rings. The van der Waals surface area contributed by atoms with Gasteiger partial charge in [0.1, 0.15) is 11.6 Å². The fourth-order valence-electron chi connectivity index (χ4n) is 2.35. The van der Waals surface area contributed by atoms with Crippen molar-refractivity contribution in [2.24, 2.45) is 0 Å². The summed E-state index contributed by atoms with van der Waals surface area (Å²) in [6.45, 7) is 3.41. The van der Waals surface area contributed by atoms with Gasteiger partial charge >= 0.3 is 0 Å². The van der Waals surface area contributed by atoms with E-state index in [2.05, 4.69) is 5.32 Å². The first-order valence-electron chi connectivity index (χ1n) is 8.34. The van der Waals surface area contributed by atoms with E-state index in [1.807, 2.05) is 0 Å². The van der Waals surface area contributed by atoms with E-state index >= 15 is 0 Å². The summed E-state index contributed by atoms with van der Waals surface area (Å²) in [5.41, 5.74) is 1.28. The topological polar surface area (TPSA) is 75.7 Å². The van der Waals surface area contributed by atoms with Gasteiger partial charge in [0, 0.05) is 7.05 Å². The SMILES string of the molecule is CC(Oc1ccc(N(C)S(C)(=O)=O)cc1)C(=O)NC(C)c1ccc(F)cc1. The van der Waals surface area contributed by atoms with Gasteiger partial charge < -0.3 is 10.1 Å². The van der Waals surface area contributed by atoms with Crippen molar-refractivity contribution < 1.29 is 22.3 Å². The highest BCUT2D eigenvalue weighted by Crippen LogP contribution is 2.21. The molecular formula is C19H23FN2O4S. The Morgan fingerprint density at radius 2 is 1.63 bits per heavy atom. The van der Waals surface area contributed by atoms with Gasteiger partial charge in [-0.1, -0.05) is 12.1 Å². The summed E-state index contributed by atoms with van der Waals surface area (Å²) in [4.78, 5) is 12.3. The summed E-state index contributed by atoms with van der Waals surface area (Å²) in [6.07, 6.45) is 0.359. The van der Waals surface area contributed by atoms with Crippen LogP contribution in [0, 0.1) is 5.82 Å². The van der Waals surface area contributed by atoms with Crippen molar-refractivity contribution >= 4 is 21.6 Å². The number of benzene rings is 2. The van der Waals surface area contributed by atoms with Crippen LogP contribution >= 0.6 is 0 Å². The van der Waals surface area contributed by atoms with E-state index in [0.717, 1.165) is 16.1 Å². The number of carbonyl (C=O) groups is 1. The van der Waals surface area contributed by atoms with Crippen molar-refractivity contribution in [3.63, 3.8) is 0 Å². The molecule has 0 bridgehead atoms. The average Bonchev–Trinajstić information content (AvgIpc) is 2.61. The van der Waals surface area contributed by atoms with Gasteiger partial charge in [0.2, 0.25) is 10.0 Å². The van der Waals surface area contributed by atoms with Crippen LogP contribution in [0.3, 0.4) is 0 Å². The van der Waals surface area contributed by atoms with Crippen LogP contribution in [0.15, 0.2) is 48.5 Å². The average molecular weight is 394 g/mol. The first kappa shape index (κ1) is 20.7. The Morgan fingerprint density at radius 3 is 2.15 bits per heavy atom. The Bertz CT molecular complexity index is 883. The molecule has 2 aromatic carbocycles. The fraction of sp³-hybridized carbons (Fsp3) is 0.316. The monoisotopic (exact) mass is 394 g/mol. The molecule has 2 unspecified atom stereocenters. The number of sulfonamides is 1. The Kier molecular flexibility index (Phi) is 6.43. The predicted molar refractivity (Wildman–Crippen MR) is 103 cm³/mol. The first-order chi connectivity index (χ1) is 12.6. The van der Waals surface area contributed by atoms with Crippen LogP contribution in [0.25, 0.3) is 0 Å². The van der Waals surface area contributed by atoms with Gasteiger partial charge in [-0.2, -0.15) is 0 Å². The van der Waals surface area contributed by atoms with Crippen LogP contribution in [-0.2, 0) is 14.8 Å². The highest BCUT2D eigenvalue weighted by atomic mass is 32.2. The molecule has 146 valence electrons. The van der Waals surface area contributed by atoms with Gasteiger partial charge in [0.15, 0.2) is 6.10 Å². The number of nitrogens with zero attached hydrogens (tertiary/aromatic N) is 1. The molecule has 0 aromatic heterocycles. The normalized spacial score (nSPS) is 13.5. The second-order valence-electron chi connectivity index (χ2n) is 6.27. The van der Waals surface area contributed by atoms with Crippen molar-refractivity contribution in [3.05, 3.63) is 59.9 Å². The second-order valence-corrected chi connectivity index (χ2v) is 8.28. The molecule has 0 spiro atoms. The number of carbonyl (C=O) groups excluding carboxylic acids is 1. The molecule has 0 aliphatic heterocycles. The van der Waals surface area contributed by atoms with Crippen LogP contribution < -0.4 is 14.4 Å². The first-order valence-corrected chi connectivity index (χ1v) is 10.2. The molecular weight excluding hydrogens is 371 g/mol. The molecule has 0 saturated carbocycles. The van der Waals surface area contributed by atoms with Crippen LogP contribution in [0.4, 0.5) is 10.1 Å². The molecule has 27 heavy (non-hydrogen) atoms. The summed E-state index contributed by atoms with van der Waals surface area (Å²) in [5.74, 6) is -0.208. The molecule has 1 amide bonds. The molecule has 2 atom stereocenters. The smallest absolute Gasteiger partial charge is 0.261 e. The molecule has 8 heteroatoms. The molecule has 0 saturated heterocycles. The summed E-state index contributed by atoms with van der Waals surface area (Å²) in [6, 6.07) is 12.0. The van der Waals surface area contributed by atoms with E-state index in [-0.39, 0.29) is 17.8 Å². The lowest BCUT2D eigenvalue weighted by molar-refractivity contribution is -0.127. The van der Waals surface area contributed by atoms with Crippen molar-refractivity contribution in [1.29, 1.82) is 0 Å². The molecule has 0 aliphatic carbocycles. The summed E-state index contributed by atoms with van der Waals surface area (Å²) in [7, 11) is -1.89. The van der Waals surface area contributed by atoms with Gasteiger partial charge in [-0.15, -0.1) is 0 Å². The zero-order valence-electron chi connectivity index (χ0n) is 15.6. The highest BCUT2D eigenvalue weighted by molar-refractivity contribution is 7.92. The third-order valence-electron chi connectivity index (χ3n) is 4.11. The predicted octanol–water partition coefficient (Wildman–Crippen LogP) is 2.87. The van der Waals surface area contributed by atoms with E-state index in [0.29, 0.717) is 11.4 Å². The lowest BCUT2D eigenvalue weighted by atomic mass is 10.1. The third-order valence-corrected chi connectivity index (χ3v) is 5.31. The van der Waals surface area contributed by atoms with Crippen LogP contribution in [0.5, 0.6) is 5.75 Å². The highest BCUT2D eigenvalue weighted by Gasteiger charge is 2.18. The lowest BCUT2D eigenvalue weighted by Gasteiger charge is -2.20. The van der Waals surface area contributed by atoms with Crippen LogP contribution in [-0.4, -0.2) is 33.7 Å². The third kappa shape index (κ3) is 5.68. The van der Waals surface area contributed by atoms with Gasteiger partial charge in [0.05, 0.1) is 18.0 Å². The maximum absolute atomic E-state index is 13.0. The quantitative estimate of drug-likeness (QED) is 0.784. The number of rotatable bonds is 7. The summed E-state index contributed by atoms with van der Waals surface area (Å²) < 4.78 is 42.8. The van der Waals surface area contributed by atoms with Gasteiger partial charge in [-0.05, 0) is 55.8 Å². The molecule has 0 heterocycles. The minimum absolute atomic E-state index is 0.296. The Balaban J connectivity index is 1.96. The maximum atomic E-state index is 13.0. The van der Waals surface area contributed by atoms with Gasteiger partial charge in [-0.3, -0.25) is 9.10 Å². The van der Waals surface area contributed by atoms with Gasteiger partial charge in [-0.25, -0.2) is 12.8 Å². The molecule has 6 nitrogen and oxygen atoms in total. The molecule has 0 radical (unpaired) electrons. The van der Waals surface area contributed by atoms with Crippen LogP contribution in [0.1, 0.15) is 25.5 Å². The Hall–Kier alpha value is -2.61. The van der Waals surface area contributed by atoms with Crippen molar-refractivity contribution in [3.8, 4) is 5.75 Å². The number of anilines is 1. The number of halogens is 1. The van der Waals surface area contributed by atoms with Crippen molar-refractivity contribution in [1.82, 2.24) is 5.32 Å². The molecule has 0 fully saturated rings.